The molecule has 18 heavy (non-hydrogen) atoms. The largest absolute Gasteiger partial charge is 0.0622 e. The van der Waals surface area contributed by atoms with E-state index in [-0.39, 0.29) is 0 Å². The maximum atomic E-state index is 2.35. The maximum Gasteiger partial charge on any atom is -0.0156 e. The van der Waals surface area contributed by atoms with Gasteiger partial charge in [-0.05, 0) is 60.8 Å². The van der Waals surface area contributed by atoms with Gasteiger partial charge in [0.1, 0.15) is 0 Å². The van der Waals surface area contributed by atoms with Crippen molar-refractivity contribution in [3.05, 3.63) is 35.9 Å². The summed E-state index contributed by atoms with van der Waals surface area (Å²) in [6.07, 6.45) is 10.7. The van der Waals surface area contributed by atoms with Gasteiger partial charge in [-0.2, -0.15) is 0 Å². The van der Waals surface area contributed by atoms with E-state index < -0.39 is 0 Å². The second kappa shape index (κ2) is 4.40. The quantitative estimate of drug-likeness (QED) is 0.647. The average molecular weight is 240 g/mol. The van der Waals surface area contributed by atoms with E-state index in [0.29, 0.717) is 0 Å². The van der Waals surface area contributed by atoms with Gasteiger partial charge in [0.25, 0.3) is 0 Å². The molecule has 0 saturated heterocycles. The fraction of sp³-hybridized carbons (Fsp3) is 0.667. The number of hydrogen-bond acceptors (Lipinski definition) is 0. The van der Waals surface area contributed by atoms with Crippen LogP contribution in [0.4, 0.5) is 0 Å². The zero-order valence-electron chi connectivity index (χ0n) is 11.2. The van der Waals surface area contributed by atoms with Gasteiger partial charge in [-0.15, -0.1) is 0 Å². The fourth-order valence-electron chi connectivity index (χ4n) is 5.43. The number of rotatable bonds is 1. The second-order valence-electron chi connectivity index (χ2n) is 6.95. The minimum Gasteiger partial charge on any atom is -0.0622 e. The highest BCUT2D eigenvalue weighted by Crippen LogP contribution is 2.58. The summed E-state index contributed by atoms with van der Waals surface area (Å²) in [5, 5.41) is 0. The molecule has 3 aliphatic rings. The summed E-state index contributed by atoms with van der Waals surface area (Å²) in [5.41, 5.74) is 1.61. The summed E-state index contributed by atoms with van der Waals surface area (Å²) in [4.78, 5) is 0. The molecular formula is C18H24. The highest BCUT2D eigenvalue weighted by Gasteiger charge is 2.48. The molecule has 5 atom stereocenters. The summed E-state index contributed by atoms with van der Waals surface area (Å²) >= 11 is 0. The average Bonchev–Trinajstić information content (AvgIpc) is 2.97. The first-order valence-electron chi connectivity index (χ1n) is 7.97. The molecule has 0 heteroatoms. The predicted octanol–water partition coefficient (Wildman–Crippen LogP) is 5.01. The summed E-state index contributed by atoms with van der Waals surface area (Å²) < 4.78 is 0. The molecule has 1 aromatic carbocycles. The van der Waals surface area contributed by atoms with Crippen molar-refractivity contribution >= 4 is 0 Å². The van der Waals surface area contributed by atoms with Gasteiger partial charge in [-0.3, -0.25) is 0 Å². The molecule has 3 saturated carbocycles. The number of benzene rings is 1. The third-order valence-electron chi connectivity index (χ3n) is 6.14. The van der Waals surface area contributed by atoms with Crippen molar-refractivity contribution in [2.24, 2.45) is 23.7 Å². The van der Waals surface area contributed by atoms with Crippen LogP contribution in [0.25, 0.3) is 0 Å². The van der Waals surface area contributed by atoms with Gasteiger partial charge in [-0.25, -0.2) is 0 Å². The van der Waals surface area contributed by atoms with Crippen LogP contribution in [0.2, 0.25) is 0 Å². The monoisotopic (exact) mass is 240 g/mol. The Bertz CT molecular complexity index is 407. The van der Waals surface area contributed by atoms with Crippen LogP contribution in [0.15, 0.2) is 30.3 Å². The van der Waals surface area contributed by atoms with E-state index in [4.69, 9.17) is 0 Å². The molecule has 3 fully saturated rings. The van der Waals surface area contributed by atoms with Crippen molar-refractivity contribution < 1.29 is 0 Å². The molecule has 0 amide bonds. The van der Waals surface area contributed by atoms with Gasteiger partial charge in [0, 0.05) is 0 Å². The Hall–Kier alpha value is -0.780. The van der Waals surface area contributed by atoms with E-state index in [1.54, 1.807) is 24.8 Å². The highest BCUT2D eigenvalue weighted by atomic mass is 14.5. The van der Waals surface area contributed by atoms with E-state index in [1.165, 1.54) is 25.7 Å². The van der Waals surface area contributed by atoms with Crippen LogP contribution in [0.5, 0.6) is 0 Å². The Morgan fingerprint density at radius 2 is 1.56 bits per heavy atom. The molecule has 1 aromatic rings. The lowest BCUT2D eigenvalue weighted by atomic mass is 9.76. The lowest BCUT2D eigenvalue weighted by molar-refractivity contribution is 0.221. The summed E-state index contributed by atoms with van der Waals surface area (Å²) in [6, 6.07) is 11.3. The molecule has 0 bridgehead atoms. The Kier molecular flexibility index (Phi) is 2.71. The first-order chi connectivity index (χ1) is 8.92. The van der Waals surface area contributed by atoms with E-state index in [1.807, 2.05) is 0 Å². The molecule has 4 rings (SSSR count). The minimum atomic E-state index is 0.879. The van der Waals surface area contributed by atoms with Gasteiger partial charge in [0.2, 0.25) is 0 Å². The Balaban J connectivity index is 1.52. The maximum absolute atomic E-state index is 2.35. The standard InChI is InChI=1S/C18H24/c1-2-6-13(7-3-1)15-11-16-10-14-8-4-5-9-17(14)18(16)12-15/h1-3,6-7,14-18H,4-5,8-12H2. The number of fused-ring (bicyclic) bond motifs is 3. The Morgan fingerprint density at radius 1 is 0.722 bits per heavy atom. The van der Waals surface area contributed by atoms with Crippen molar-refractivity contribution in [1.82, 2.24) is 0 Å². The molecule has 0 aromatic heterocycles. The van der Waals surface area contributed by atoms with E-state index in [9.17, 15) is 0 Å². The zero-order valence-corrected chi connectivity index (χ0v) is 11.2. The molecule has 96 valence electrons. The third-order valence-corrected chi connectivity index (χ3v) is 6.14. The van der Waals surface area contributed by atoms with Crippen molar-refractivity contribution in [1.29, 1.82) is 0 Å². The molecule has 5 unspecified atom stereocenters. The van der Waals surface area contributed by atoms with Gasteiger partial charge < -0.3 is 0 Å². The van der Waals surface area contributed by atoms with Gasteiger partial charge in [0.05, 0.1) is 0 Å². The molecule has 0 heterocycles. The van der Waals surface area contributed by atoms with Crippen LogP contribution in [0.1, 0.15) is 56.4 Å². The van der Waals surface area contributed by atoms with Crippen LogP contribution in [0.3, 0.4) is 0 Å². The SMILES string of the molecule is c1ccc(C2CC3CC4CCCCC4C3C2)cc1. The Labute approximate surface area is 111 Å². The van der Waals surface area contributed by atoms with Crippen LogP contribution >= 0.6 is 0 Å². The molecule has 0 N–H and O–H groups in total. The Morgan fingerprint density at radius 3 is 2.44 bits per heavy atom. The molecule has 0 spiro atoms. The third kappa shape index (κ3) is 1.73. The molecule has 0 radical (unpaired) electrons. The first-order valence-corrected chi connectivity index (χ1v) is 7.97. The normalized spacial score (nSPS) is 42.6. The lowest BCUT2D eigenvalue weighted by Gasteiger charge is -2.29. The van der Waals surface area contributed by atoms with Gasteiger partial charge in [-0.1, -0.05) is 49.6 Å². The van der Waals surface area contributed by atoms with Crippen LogP contribution in [-0.4, -0.2) is 0 Å². The smallest absolute Gasteiger partial charge is 0.0156 e. The van der Waals surface area contributed by atoms with Crippen molar-refractivity contribution in [2.45, 2.75) is 50.9 Å². The summed E-state index contributed by atoms with van der Waals surface area (Å²) in [5.74, 6) is 5.26. The van der Waals surface area contributed by atoms with Crippen molar-refractivity contribution in [2.75, 3.05) is 0 Å². The zero-order chi connectivity index (χ0) is 11.9. The van der Waals surface area contributed by atoms with Crippen LogP contribution in [0, 0.1) is 23.7 Å². The first kappa shape index (κ1) is 11.1. The van der Waals surface area contributed by atoms with Crippen molar-refractivity contribution in [3.8, 4) is 0 Å². The molecular weight excluding hydrogens is 216 g/mol. The lowest BCUT2D eigenvalue weighted by Crippen LogP contribution is -2.19. The second-order valence-corrected chi connectivity index (χ2v) is 6.95. The topological polar surface area (TPSA) is 0 Å². The summed E-state index contributed by atoms with van der Waals surface area (Å²) in [6.45, 7) is 0. The molecule has 0 nitrogen and oxygen atoms in total. The molecule has 3 aliphatic carbocycles. The molecule has 0 aliphatic heterocycles. The van der Waals surface area contributed by atoms with E-state index >= 15 is 0 Å². The fourth-order valence-corrected chi connectivity index (χ4v) is 5.43. The number of hydrogen-bond donors (Lipinski definition) is 0. The van der Waals surface area contributed by atoms with E-state index in [2.05, 4.69) is 30.3 Å². The highest BCUT2D eigenvalue weighted by molar-refractivity contribution is 5.22. The van der Waals surface area contributed by atoms with E-state index in [0.717, 1.165) is 29.6 Å². The van der Waals surface area contributed by atoms with Crippen LogP contribution < -0.4 is 0 Å². The predicted molar refractivity (Wildman–Crippen MR) is 75.5 cm³/mol. The van der Waals surface area contributed by atoms with Crippen LogP contribution in [-0.2, 0) is 0 Å². The minimum absolute atomic E-state index is 0.879. The van der Waals surface area contributed by atoms with Gasteiger partial charge in [0.15, 0.2) is 0 Å². The van der Waals surface area contributed by atoms with Gasteiger partial charge >= 0.3 is 0 Å². The van der Waals surface area contributed by atoms with Crippen molar-refractivity contribution in [3.63, 3.8) is 0 Å². The summed E-state index contributed by atoms with van der Waals surface area (Å²) in [7, 11) is 0.